The zero-order chi connectivity index (χ0) is 19.3. The maximum atomic E-state index is 12.4. The highest BCUT2D eigenvalue weighted by atomic mass is 16.5. The van der Waals surface area contributed by atoms with Crippen LogP contribution in [0.2, 0.25) is 0 Å². The van der Waals surface area contributed by atoms with Gasteiger partial charge >= 0.3 is 0 Å². The average molecular weight is 378 g/mol. The maximum absolute atomic E-state index is 12.4. The predicted octanol–water partition coefficient (Wildman–Crippen LogP) is 3.06. The Kier molecular flexibility index (Phi) is 5.34. The van der Waals surface area contributed by atoms with E-state index in [1.54, 1.807) is 0 Å². The average Bonchev–Trinajstić information content (AvgIpc) is 3.17. The number of carbonyl (C=O) groups excluding carboxylic acids is 1. The lowest BCUT2D eigenvalue weighted by Crippen LogP contribution is -2.36. The van der Waals surface area contributed by atoms with E-state index in [4.69, 9.17) is 9.26 Å². The van der Waals surface area contributed by atoms with Crippen LogP contribution in [-0.2, 0) is 16.0 Å². The van der Waals surface area contributed by atoms with E-state index in [-0.39, 0.29) is 12.3 Å². The van der Waals surface area contributed by atoms with Crippen LogP contribution in [0.4, 0.5) is 11.4 Å². The number of anilines is 2. The van der Waals surface area contributed by atoms with E-state index in [1.165, 1.54) is 0 Å². The van der Waals surface area contributed by atoms with E-state index in [2.05, 4.69) is 20.4 Å². The molecule has 1 fully saturated rings. The van der Waals surface area contributed by atoms with Crippen LogP contribution in [0.1, 0.15) is 11.5 Å². The number of hydrogen-bond acceptors (Lipinski definition) is 6. The Bertz CT molecular complexity index is 964. The molecule has 1 aliphatic heterocycles. The Balaban J connectivity index is 1.40. The standard InChI is InChI=1S/C21H22N4O3/c1-15-5-2-3-8-18(15)21-23-20(28-24-21)14-19(26)22-16-6-4-7-17(13-16)25-9-11-27-12-10-25/h2-8,13H,9-12,14H2,1H3,(H,22,26). The van der Waals surface area contributed by atoms with Gasteiger partial charge in [0, 0.05) is 30.0 Å². The van der Waals surface area contributed by atoms with Gasteiger partial charge in [-0.1, -0.05) is 35.5 Å². The van der Waals surface area contributed by atoms with Crippen molar-refractivity contribution < 1.29 is 14.1 Å². The molecule has 7 nitrogen and oxygen atoms in total. The monoisotopic (exact) mass is 378 g/mol. The van der Waals surface area contributed by atoms with Gasteiger partial charge in [0.2, 0.25) is 17.6 Å². The number of ether oxygens (including phenoxy) is 1. The molecule has 1 amide bonds. The van der Waals surface area contributed by atoms with Crippen LogP contribution in [-0.4, -0.2) is 42.4 Å². The van der Waals surface area contributed by atoms with Crippen molar-refractivity contribution in [2.75, 3.05) is 36.5 Å². The van der Waals surface area contributed by atoms with Gasteiger partial charge in [-0.05, 0) is 30.7 Å². The van der Waals surface area contributed by atoms with Crippen molar-refractivity contribution in [2.45, 2.75) is 13.3 Å². The molecule has 4 rings (SSSR count). The normalized spacial score (nSPS) is 14.1. The first kappa shape index (κ1) is 18.2. The zero-order valence-corrected chi connectivity index (χ0v) is 15.7. The van der Waals surface area contributed by atoms with Gasteiger partial charge in [0.15, 0.2) is 0 Å². The predicted molar refractivity (Wildman–Crippen MR) is 106 cm³/mol. The smallest absolute Gasteiger partial charge is 0.236 e. The van der Waals surface area contributed by atoms with Crippen molar-refractivity contribution in [1.82, 2.24) is 10.1 Å². The molecular formula is C21H22N4O3. The topological polar surface area (TPSA) is 80.5 Å². The highest BCUT2D eigenvalue weighted by Crippen LogP contribution is 2.22. The van der Waals surface area contributed by atoms with Gasteiger partial charge in [-0.2, -0.15) is 4.98 Å². The minimum atomic E-state index is -0.195. The lowest BCUT2D eigenvalue weighted by atomic mass is 10.1. The molecule has 7 heteroatoms. The number of nitrogens with one attached hydrogen (secondary N) is 1. The number of aromatic nitrogens is 2. The van der Waals surface area contributed by atoms with E-state index in [0.717, 1.165) is 48.8 Å². The molecular weight excluding hydrogens is 356 g/mol. The molecule has 0 saturated carbocycles. The molecule has 1 aliphatic rings. The number of amides is 1. The van der Waals surface area contributed by atoms with Crippen LogP contribution >= 0.6 is 0 Å². The molecule has 2 aromatic carbocycles. The third-order valence-electron chi connectivity index (χ3n) is 4.67. The minimum Gasteiger partial charge on any atom is -0.378 e. The fraction of sp³-hybridized carbons (Fsp3) is 0.286. The van der Waals surface area contributed by atoms with Crippen LogP contribution in [0.3, 0.4) is 0 Å². The lowest BCUT2D eigenvalue weighted by Gasteiger charge is -2.29. The number of carbonyl (C=O) groups is 1. The third kappa shape index (κ3) is 4.20. The van der Waals surface area contributed by atoms with Crippen molar-refractivity contribution in [3.63, 3.8) is 0 Å². The van der Waals surface area contributed by atoms with Crippen molar-refractivity contribution in [3.05, 3.63) is 60.0 Å². The molecule has 3 aromatic rings. The summed E-state index contributed by atoms with van der Waals surface area (Å²) in [6.07, 6.45) is 0.0284. The summed E-state index contributed by atoms with van der Waals surface area (Å²) in [7, 11) is 0. The summed E-state index contributed by atoms with van der Waals surface area (Å²) in [6.45, 7) is 5.12. The fourth-order valence-electron chi connectivity index (χ4n) is 3.20. The van der Waals surface area contributed by atoms with Crippen molar-refractivity contribution >= 4 is 17.3 Å². The first-order valence-corrected chi connectivity index (χ1v) is 9.30. The van der Waals surface area contributed by atoms with Gasteiger partial charge < -0.3 is 19.5 Å². The molecule has 28 heavy (non-hydrogen) atoms. The first-order chi connectivity index (χ1) is 13.7. The van der Waals surface area contributed by atoms with Crippen LogP contribution in [0.25, 0.3) is 11.4 Å². The highest BCUT2D eigenvalue weighted by molar-refractivity contribution is 5.92. The van der Waals surface area contributed by atoms with Crippen molar-refractivity contribution in [2.24, 2.45) is 0 Å². The Morgan fingerprint density at radius 3 is 2.79 bits per heavy atom. The molecule has 0 aliphatic carbocycles. The molecule has 144 valence electrons. The minimum absolute atomic E-state index is 0.0284. The van der Waals surface area contributed by atoms with Crippen LogP contribution in [0, 0.1) is 6.92 Å². The molecule has 0 bridgehead atoms. The number of aryl methyl sites for hydroxylation is 1. The Morgan fingerprint density at radius 2 is 1.96 bits per heavy atom. The van der Waals surface area contributed by atoms with Gasteiger partial charge in [0.25, 0.3) is 0 Å². The second kappa shape index (κ2) is 8.22. The van der Waals surface area contributed by atoms with E-state index >= 15 is 0 Å². The van der Waals surface area contributed by atoms with Crippen LogP contribution in [0.15, 0.2) is 53.1 Å². The quantitative estimate of drug-likeness (QED) is 0.735. The van der Waals surface area contributed by atoms with E-state index in [1.807, 2.05) is 55.5 Å². The lowest BCUT2D eigenvalue weighted by molar-refractivity contribution is -0.115. The fourth-order valence-corrected chi connectivity index (χ4v) is 3.20. The molecule has 1 saturated heterocycles. The zero-order valence-electron chi connectivity index (χ0n) is 15.7. The molecule has 1 aromatic heterocycles. The summed E-state index contributed by atoms with van der Waals surface area (Å²) < 4.78 is 10.6. The number of hydrogen-bond donors (Lipinski definition) is 1. The van der Waals surface area contributed by atoms with Gasteiger partial charge in [0.1, 0.15) is 6.42 Å². The summed E-state index contributed by atoms with van der Waals surface area (Å²) in [5, 5.41) is 6.90. The molecule has 0 radical (unpaired) electrons. The maximum Gasteiger partial charge on any atom is 0.236 e. The van der Waals surface area contributed by atoms with Crippen molar-refractivity contribution in [1.29, 1.82) is 0 Å². The second-order valence-electron chi connectivity index (χ2n) is 6.70. The summed E-state index contributed by atoms with van der Waals surface area (Å²) >= 11 is 0. The Labute approximate surface area is 163 Å². The number of benzene rings is 2. The highest BCUT2D eigenvalue weighted by Gasteiger charge is 2.15. The first-order valence-electron chi connectivity index (χ1n) is 9.30. The van der Waals surface area contributed by atoms with Gasteiger partial charge in [0.05, 0.1) is 13.2 Å². The van der Waals surface area contributed by atoms with Gasteiger partial charge in [-0.25, -0.2) is 0 Å². The second-order valence-corrected chi connectivity index (χ2v) is 6.70. The van der Waals surface area contributed by atoms with Crippen LogP contribution < -0.4 is 10.2 Å². The summed E-state index contributed by atoms with van der Waals surface area (Å²) in [5.74, 6) is 0.592. The summed E-state index contributed by atoms with van der Waals surface area (Å²) in [5.41, 5.74) is 3.77. The largest absolute Gasteiger partial charge is 0.378 e. The SMILES string of the molecule is Cc1ccccc1-c1noc(CC(=O)Nc2cccc(N3CCOCC3)c2)n1. The number of morpholine rings is 1. The van der Waals surface area contributed by atoms with E-state index in [0.29, 0.717) is 11.7 Å². The Morgan fingerprint density at radius 1 is 1.14 bits per heavy atom. The molecule has 0 unspecified atom stereocenters. The Hall–Kier alpha value is -3.19. The molecule has 1 N–H and O–H groups in total. The molecule has 0 spiro atoms. The van der Waals surface area contributed by atoms with E-state index < -0.39 is 0 Å². The van der Waals surface area contributed by atoms with Gasteiger partial charge in [-0.15, -0.1) is 0 Å². The summed E-state index contributed by atoms with van der Waals surface area (Å²) in [4.78, 5) is 19.0. The summed E-state index contributed by atoms with van der Waals surface area (Å²) in [6, 6.07) is 15.6. The number of rotatable bonds is 5. The van der Waals surface area contributed by atoms with Crippen molar-refractivity contribution in [3.8, 4) is 11.4 Å². The van der Waals surface area contributed by atoms with Gasteiger partial charge in [-0.3, -0.25) is 4.79 Å². The third-order valence-corrected chi connectivity index (χ3v) is 4.67. The molecule has 0 atom stereocenters. The van der Waals surface area contributed by atoms with Crippen LogP contribution in [0.5, 0.6) is 0 Å². The number of nitrogens with zero attached hydrogens (tertiary/aromatic N) is 3. The molecule has 2 heterocycles. The van der Waals surface area contributed by atoms with E-state index in [9.17, 15) is 4.79 Å².